The van der Waals surface area contributed by atoms with E-state index < -0.39 is 226 Å². The third kappa shape index (κ3) is 41.9. The second kappa shape index (κ2) is 61.8. The zero-order valence-electron chi connectivity index (χ0n) is 76.7. The van der Waals surface area contributed by atoms with E-state index in [9.17, 15) is 87.2 Å². The van der Waals surface area contributed by atoms with Gasteiger partial charge in [-0.05, 0) is 68.6 Å². The normalized spacial score (nSPS) is 19.4. The molecule has 0 saturated carbocycles. The number of carbonyl (C=O) groups excluding carboxylic acids is 16. The van der Waals surface area contributed by atoms with Gasteiger partial charge in [0.15, 0.2) is 5.96 Å². The molecular weight excluding hydrogens is 1730 g/mol. The minimum absolute atomic E-state index is 0.00561. The molecule has 4 heterocycles. The van der Waals surface area contributed by atoms with Crippen LogP contribution in [-0.4, -0.2) is 290 Å². The van der Waals surface area contributed by atoms with E-state index in [1.165, 1.54) is 77.0 Å². The summed E-state index contributed by atoms with van der Waals surface area (Å²) in [5.41, 5.74) is 24.7. The second-order valence-electron chi connectivity index (χ2n) is 33.7. The summed E-state index contributed by atoms with van der Waals surface area (Å²) in [6.07, 6.45) is 16.3. The van der Waals surface area contributed by atoms with Crippen LogP contribution >= 0.6 is 0 Å². The molecule has 16 amide bonds. The minimum atomic E-state index is -1.91. The number of aliphatic hydroxyl groups excluding tert-OH is 3. The summed E-state index contributed by atoms with van der Waals surface area (Å²) >= 11 is 0. The molecule has 738 valence electrons. The zero-order chi connectivity index (χ0) is 96.8. The van der Waals surface area contributed by atoms with Crippen molar-refractivity contribution in [1.29, 1.82) is 0 Å². The number of nitrogens with two attached hydrogens (primary N) is 4. The number of nitrogens with zero attached hydrogens (tertiary/aromatic N) is 3. The van der Waals surface area contributed by atoms with Gasteiger partial charge in [0.05, 0.1) is 52.4 Å². The van der Waals surface area contributed by atoms with Gasteiger partial charge in [0, 0.05) is 100 Å². The summed E-state index contributed by atoms with van der Waals surface area (Å²) in [5.74, 6) is -14.9. The molecule has 43 nitrogen and oxygen atoms in total. The van der Waals surface area contributed by atoms with Crippen LogP contribution in [0.15, 0.2) is 70.8 Å². The van der Waals surface area contributed by atoms with E-state index in [4.69, 9.17) is 32.4 Å². The van der Waals surface area contributed by atoms with E-state index in [-0.39, 0.29) is 116 Å². The Hall–Kier alpha value is -11.8. The van der Waals surface area contributed by atoms with E-state index in [0.717, 1.165) is 24.2 Å². The number of amides is 16. The van der Waals surface area contributed by atoms with Crippen molar-refractivity contribution < 1.29 is 102 Å². The van der Waals surface area contributed by atoms with Crippen LogP contribution in [0.5, 0.6) is 0 Å². The number of aliphatic hydroxyl groups is 3. The Bertz CT molecular complexity index is 4310. The molecule has 12 atom stereocenters. The first-order chi connectivity index (χ1) is 64.0. The zero-order valence-corrected chi connectivity index (χ0v) is 76.7. The van der Waals surface area contributed by atoms with Gasteiger partial charge in [-0.15, -0.1) is 0 Å². The van der Waals surface area contributed by atoms with Crippen LogP contribution in [-0.2, 0) is 99.0 Å². The Morgan fingerprint density at radius 1 is 0.579 bits per heavy atom. The van der Waals surface area contributed by atoms with E-state index in [2.05, 4.69) is 96.3 Å². The number of primary amides is 2. The number of hydrogen-bond donors (Lipinski definition) is 22. The SMILES string of the molecule is CCCCCCCCCCCCCCCCCC(=O)NCCOCCOCC(=O)NCC(=O)N[C@@H](CO)C(=O)NC(CCC(N)=O)C(=O)N[C@@H](CC1=NCNC1)C(=O)NC(CO)C(=O)N[C@@H](CCCC)C(=O)N[C@H]1CCC(=O)NCCC[C@@H](C(N)=O)NC(=O)[C@H](Cc2c[nH]c3ccccc23)NC(=O)C(CCCN=C(N)N)NC(=O)C(Cc2ccccc2)NC(=O)C2C[C@@H](O)CN2C1=O. The quantitative estimate of drug-likeness (QED) is 0.0156. The van der Waals surface area contributed by atoms with Crippen LogP contribution in [0.2, 0.25) is 0 Å². The lowest BCUT2D eigenvalue weighted by Crippen LogP contribution is -2.61. The van der Waals surface area contributed by atoms with Crippen LogP contribution in [0.3, 0.4) is 0 Å². The molecule has 5 unspecified atom stereocenters. The minimum Gasteiger partial charge on any atom is -0.394 e. The number of aliphatic imine (C=N–C) groups is 2. The lowest BCUT2D eigenvalue weighted by Gasteiger charge is -2.31. The van der Waals surface area contributed by atoms with Crippen molar-refractivity contribution in [1.82, 2.24) is 84.3 Å². The molecule has 3 aliphatic rings. The highest BCUT2D eigenvalue weighted by molar-refractivity contribution is 6.02. The molecule has 6 rings (SSSR count). The van der Waals surface area contributed by atoms with Crippen molar-refractivity contribution in [3.8, 4) is 0 Å². The molecule has 3 aliphatic heterocycles. The van der Waals surface area contributed by atoms with E-state index in [0.29, 0.717) is 47.1 Å². The Kier molecular flexibility index (Phi) is 51.1. The Morgan fingerprint density at radius 2 is 1.16 bits per heavy atom. The lowest BCUT2D eigenvalue weighted by molar-refractivity contribution is -0.143. The summed E-state index contributed by atoms with van der Waals surface area (Å²) in [6.45, 7) is 0.737. The number of H-pyrrole nitrogens is 1. The number of benzene rings is 2. The molecule has 2 saturated heterocycles. The number of aromatic amines is 1. The molecule has 0 spiro atoms. The predicted octanol–water partition coefficient (Wildman–Crippen LogP) is -2.65. The smallest absolute Gasteiger partial charge is 0.246 e. The number of carbonyl (C=O) groups is 16. The topological polar surface area (TPSA) is 669 Å². The van der Waals surface area contributed by atoms with Crippen LogP contribution in [0.1, 0.15) is 211 Å². The number of unbranched alkanes of at least 4 members (excludes halogenated alkanes) is 15. The fraction of sp³-hybridized carbons (Fsp3) is 0.644. The van der Waals surface area contributed by atoms with Crippen LogP contribution in [0, 0.1) is 0 Å². The summed E-state index contributed by atoms with van der Waals surface area (Å²) in [7, 11) is 0. The maximum atomic E-state index is 15.3. The van der Waals surface area contributed by atoms with E-state index in [1.807, 2.05) is 0 Å². The van der Waals surface area contributed by atoms with Crippen molar-refractivity contribution in [3.05, 3.63) is 71.9 Å². The highest BCUT2D eigenvalue weighted by Crippen LogP contribution is 2.24. The first-order valence-corrected chi connectivity index (χ1v) is 46.6. The highest BCUT2D eigenvalue weighted by atomic mass is 16.5. The fourth-order valence-corrected chi connectivity index (χ4v) is 15.4. The van der Waals surface area contributed by atoms with Gasteiger partial charge in [0.1, 0.15) is 73.1 Å². The third-order valence-electron chi connectivity index (χ3n) is 22.9. The summed E-state index contributed by atoms with van der Waals surface area (Å²) in [4.78, 5) is 236. The number of ether oxygens (including phenoxy) is 2. The van der Waals surface area contributed by atoms with Gasteiger partial charge in [-0.25, -0.2) is 0 Å². The average Bonchev–Trinajstić information content (AvgIpc) is 1.71. The average molecular weight is 1870 g/mol. The Labute approximate surface area is 775 Å². The molecule has 0 radical (unpaired) electrons. The summed E-state index contributed by atoms with van der Waals surface area (Å²) in [5, 5.41) is 69.4. The first-order valence-electron chi connectivity index (χ1n) is 46.6. The molecule has 26 N–H and O–H groups in total. The maximum Gasteiger partial charge on any atom is 0.246 e. The number of hydrogen-bond acceptors (Lipinski definition) is 24. The molecule has 2 aromatic carbocycles. The van der Waals surface area contributed by atoms with E-state index in [1.54, 1.807) is 67.7 Å². The van der Waals surface area contributed by atoms with Crippen molar-refractivity contribution in [2.24, 2.45) is 32.9 Å². The maximum absolute atomic E-state index is 15.3. The van der Waals surface area contributed by atoms with Crippen molar-refractivity contribution >= 4 is 117 Å². The van der Waals surface area contributed by atoms with E-state index >= 15 is 4.79 Å². The molecule has 2 fully saturated rings. The van der Waals surface area contributed by atoms with Crippen molar-refractivity contribution in [2.45, 2.75) is 285 Å². The van der Waals surface area contributed by atoms with Gasteiger partial charge >= 0.3 is 0 Å². The molecule has 1 aromatic heterocycles. The van der Waals surface area contributed by atoms with Gasteiger partial charge in [-0.2, -0.15) is 0 Å². The lowest BCUT2D eigenvalue weighted by atomic mass is 10.0. The number of nitrogens with one attached hydrogen (secondary N) is 15. The molecule has 3 aromatic rings. The number of guanidine groups is 1. The number of para-hydroxylation sites is 1. The van der Waals surface area contributed by atoms with Gasteiger partial charge in [0.2, 0.25) is 94.5 Å². The standard InChI is InChI=1S/C90H142N22O21/c1-3-5-7-8-9-10-11-12-13-14-15-16-17-18-22-34-75(117)97-41-42-132-43-44-133-55-78(120)100-51-77(119)102-71(53-113)86(128)106-66(35-37-74(91)116)82(124)109-70(47-59-50-95-56-101-59)85(127)111-72(54-114)87(129)105-64(30-6-4-2)80(122)107-67-36-38-76(118)96-39-25-32-63(79(92)121)103-84(126)69(46-58-49-99-62-31-24-23-29-61(58)62)108-81(123)65(33-26-40-98-90(93)94)104-83(125)68(45-57-27-20-19-21-28-57)110-88(130)73-48-60(115)52-112(73)89(67)131/h19-21,23-24,27-29,31,49,60,63-73,95,99,113-115H,3-18,22,25-26,30,32-48,50-56H2,1-2H3,(H2,91,116)(H2,92,121)(H,96,118)(H,97,117)(H,100,120)(H,102,119)(H,103,126)(H,104,125)(H,105,129)(H,106,128)(H,107,122)(H,108,123)(H,109,124)(H,110,130)(H,111,127)(H4,93,94,98)/t60-,63+,64+,65?,66?,67+,68?,69+,70+,71+,72?,73?/m1/s1. The number of fused-ring (bicyclic) bond motifs is 2. The monoisotopic (exact) mass is 1870 g/mol. The largest absolute Gasteiger partial charge is 0.394 e. The molecule has 0 aliphatic carbocycles. The van der Waals surface area contributed by atoms with Gasteiger partial charge in [-0.3, -0.25) is 92.0 Å². The molecule has 43 heteroatoms. The van der Waals surface area contributed by atoms with Crippen molar-refractivity contribution in [2.75, 3.05) is 85.6 Å². The van der Waals surface area contributed by atoms with Crippen LogP contribution in [0.25, 0.3) is 10.9 Å². The molecule has 133 heavy (non-hydrogen) atoms. The fourth-order valence-electron chi connectivity index (χ4n) is 15.4. The van der Waals surface area contributed by atoms with Crippen LogP contribution in [0.4, 0.5) is 0 Å². The number of rotatable bonds is 56. The van der Waals surface area contributed by atoms with Gasteiger partial charge in [-0.1, -0.05) is 165 Å². The Morgan fingerprint density at radius 3 is 1.80 bits per heavy atom. The summed E-state index contributed by atoms with van der Waals surface area (Å²) < 4.78 is 10.8. The van der Waals surface area contributed by atoms with Crippen LogP contribution < -0.4 is 97.4 Å². The number of aromatic nitrogens is 1. The Balaban J connectivity index is 1.10. The second-order valence-corrected chi connectivity index (χ2v) is 33.7. The molecular formula is C90H142N22O21. The first kappa shape index (κ1) is 110. The van der Waals surface area contributed by atoms with Gasteiger partial charge in [0.25, 0.3) is 0 Å². The highest BCUT2D eigenvalue weighted by Gasteiger charge is 2.44. The summed E-state index contributed by atoms with van der Waals surface area (Å²) in [6, 6.07) is -2.23. The molecule has 0 bridgehead atoms. The van der Waals surface area contributed by atoms with Crippen molar-refractivity contribution in [3.63, 3.8) is 0 Å². The third-order valence-corrected chi connectivity index (χ3v) is 22.9. The predicted molar refractivity (Wildman–Crippen MR) is 492 cm³/mol. The van der Waals surface area contributed by atoms with Gasteiger partial charge < -0.3 is 127 Å².